The van der Waals surface area contributed by atoms with Crippen molar-refractivity contribution in [3.05, 3.63) is 35.5 Å². The number of carbonyl (C=O) groups excluding carboxylic acids is 1. The third kappa shape index (κ3) is 4.01. The summed E-state index contributed by atoms with van der Waals surface area (Å²) in [6, 6.07) is 1.30. The predicted molar refractivity (Wildman–Crippen MR) is 96.5 cm³/mol. The molecule has 32 heavy (non-hydrogen) atoms. The van der Waals surface area contributed by atoms with E-state index in [-0.39, 0.29) is 24.5 Å². The molecule has 172 valence electrons. The van der Waals surface area contributed by atoms with E-state index in [0.717, 1.165) is 12.3 Å². The molecule has 0 spiro atoms. The highest BCUT2D eigenvalue weighted by Gasteiger charge is 2.49. The number of nitrogens with one attached hydrogen (secondary N) is 1. The van der Waals surface area contributed by atoms with Gasteiger partial charge in [-0.2, -0.15) is 26.3 Å². The first-order valence-corrected chi connectivity index (χ1v) is 9.12. The number of ether oxygens (including phenoxy) is 1. The molecule has 0 aliphatic carbocycles. The van der Waals surface area contributed by atoms with E-state index in [0.29, 0.717) is 12.1 Å². The van der Waals surface area contributed by atoms with Gasteiger partial charge in [0.2, 0.25) is 6.10 Å². The molecule has 0 radical (unpaired) electrons. The lowest BCUT2D eigenvalue weighted by Gasteiger charge is -2.29. The van der Waals surface area contributed by atoms with Crippen molar-refractivity contribution in [1.82, 2.24) is 9.97 Å². The fourth-order valence-electron chi connectivity index (χ4n) is 3.54. The Morgan fingerprint density at radius 1 is 1.16 bits per heavy atom. The maximum atomic E-state index is 13.8. The summed E-state index contributed by atoms with van der Waals surface area (Å²) in [6.45, 7) is -0.457. The summed E-state index contributed by atoms with van der Waals surface area (Å²) >= 11 is 0. The van der Waals surface area contributed by atoms with E-state index in [9.17, 15) is 35.5 Å². The van der Waals surface area contributed by atoms with Crippen LogP contribution in [0.4, 0.5) is 47.2 Å². The Hall–Kier alpha value is -3.16. The first-order valence-electron chi connectivity index (χ1n) is 9.12. The van der Waals surface area contributed by atoms with Crippen LogP contribution >= 0.6 is 0 Å². The van der Waals surface area contributed by atoms with Crippen LogP contribution in [0.1, 0.15) is 17.2 Å². The summed E-state index contributed by atoms with van der Waals surface area (Å²) in [7, 11) is 0. The average molecular weight is 465 g/mol. The largest absolute Gasteiger partial charge is 0.431 e. The summed E-state index contributed by atoms with van der Waals surface area (Å²) in [4.78, 5) is 20.4. The Kier molecular flexibility index (Phi) is 5.14. The zero-order valence-corrected chi connectivity index (χ0v) is 15.8. The molecule has 2 aliphatic heterocycles. The Morgan fingerprint density at radius 2 is 1.88 bits per heavy atom. The number of hydrogen-bond acceptors (Lipinski definition) is 6. The van der Waals surface area contributed by atoms with Gasteiger partial charge in [0.25, 0.3) is 0 Å². The summed E-state index contributed by atoms with van der Waals surface area (Å²) < 4.78 is 99.5. The predicted octanol–water partition coefficient (Wildman–Crippen LogP) is 3.81. The minimum atomic E-state index is -5.07. The molecular weight excluding hydrogens is 451 g/mol. The van der Waals surface area contributed by atoms with E-state index in [2.05, 4.69) is 14.7 Å². The molecule has 0 unspecified atom stereocenters. The number of pyridine rings is 2. The van der Waals surface area contributed by atoms with Crippen LogP contribution in [0.5, 0.6) is 0 Å². The van der Waals surface area contributed by atoms with Crippen LogP contribution in [0.25, 0.3) is 11.3 Å². The smallest absolute Gasteiger partial charge is 0.430 e. The van der Waals surface area contributed by atoms with E-state index in [4.69, 9.17) is 5.73 Å². The number of nitrogens with zero attached hydrogens (tertiary/aromatic N) is 3. The van der Waals surface area contributed by atoms with Crippen molar-refractivity contribution >= 4 is 17.7 Å². The standard InChI is InChI=1S/C18H14F7N5O2/c19-9-5-30(6-10(9)26)12-4-7(17(20,21)22)3-11(28-12)8-1-2-27-15-13(8)14(18(23,24)25)32-16(31)29-15/h1-4,9-10,14H,5-6,26H2,(H,27,29,31)/t9-,10-,14+/m0/s1. The second-order valence-electron chi connectivity index (χ2n) is 7.25. The molecule has 4 rings (SSSR count). The minimum absolute atomic E-state index is 0.131. The monoisotopic (exact) mass is 465 g/mol. The van der Waals surface area contributed by atoms with E-state index < -0.39 is 59.4 Å². The molecule has 2 aromatic rings. The van der Waals surface area contributed by atoms with Crippen molar-refractivity contribution in [2.45, 2.75) is 30.7 Å². The number of rotatable bonds is 2. The first-order chi connectivity index (χ1) is 14.8. The second kappa shape index (κ2) is 7.46. The number of nitrogens with two attached hydrogens (primary N) is 1. The van der Waals surface area contributed by atoms with Gasteiger partial charge in [0.05, 0.1) is 29.4 Å². The van der Waals surface area contributed by atoms with Gasteiger partial charge in [-0.05, 0) is 18.2 Å². The van der Waals surface area contributed by atoms with Gasteiger partial charge in [0.1, 0.15) is 17.8 Å². The van der Waals surface area contributed by atoms with E-state index >= 15 is 0 Å². The van der Waals surface area contributed by atoms with E-state index in [1.165, 1.54) is 4.90 Å². The molecule has 4 heterocycles. The van der Waals surface area contributed by atoms with Crippen molar-refractivity contribution in [3.63, 3.8) is 0 Å². The van der Waals surface area contributed by atoms with Gasteiger partial charge in [-0.15, -0.1) is 0 Å². The number of fused-ring (bicyclic) bond motifs is 1. The summed E-state index contributed by atoms with van der Waals surface area (Å²) in [5, 5.41) is 2.00. The molecule has 3 N–H and O–H groups in total. The minimum Gasteiger partial charge on any atom is -0.431 e. The normalized spacial score (nSPS) is 23.6. The number of alkyl halides is 7. The molecule has 3 atom stereocenters. The topological polar surface area (TPSA) is 93.4 Å². The number of carbonyl (C=O) groups is 1. The molecule has 1 fully saturated rings. The average Bonchev–Trinajstić information content (AvgIpc) is 3.03. The van der Waals surface area contributed by atoms with E-state index in [1.807, 2.05) is 5.32 Å². The summed E-state index contributed by atoms with van der Waals surface area (Å²) in [5.41, 5.74) is 2.82. The lowest BCUT2D eigenvalue weighted by Crippen LogP contribution is -2.34. The van der Waals surface area contributed by atoms with Crippen molar-refractivity contribution in [3.8, 4) is 11.3 Å². The molecule has 1 amide bonds. The zero-order valence-electron chi connectivity index (χ0n) is 15.8. The highest BCUT2D eigenvalue weighted by atomic mass is 19.4. The van der Waals surface area contributed by atoms with Gasteiger partial charge in [0.15, 0.2) is 0 Å². The van der Waals surface area contributed by atoms with E-state index in [1.54, 1.807) is 0 Å². The summed E-state index contributed by atoms with van der Waals surface area (Å²) in [6.07, 6.45) is -14.6. The van der Waals surface area contributed by atoms with Crippen LogP contribution in [0.3, 0.4) is 0 Å². The van der Waals surface area contributed by atoms with Crippen LogP contribution in [-0.4, -0.2) is 47.5 Å². The molecular formula is C18H14F7N5O2. The van der Waals surface area contributed by atoms with Crippen LogP contribution in [0.2, 0.25) is 0 Å². The highest BCUT2D eigenvalue weighted by Crippen LogP contribution is 2.46. The Morgan fingerprint density at radius 3 is 2.47 bits per heavy atom. The number of aromatic nitrogens is 2. The molecule has 0 bridgehead atoms. The van der Waals surface area contributed by atoms with Crippen LogP contribution in [0, 0.1) is 0 Å². The third-order valence-electron chi connectivity index (χ3n) is 5.02. The molecule has 1 saturated heterocycles. The number of amides is 1. The molecule has 14 heteroatoms. The fourth-order valence-corrected chi connectivity index (χ4v) is 3.54. The lowest BCUT2D eigenvalue weighted by molar-refractivity contribution is -0.206. The zero-order chi connectivity index (χ0) is 23.4. The lowest BCUT2D eigenvalue weighted by atomic mass is 9.98. The van der Waals surface area contributed by atoms with Gasteiger partial charge >= 0.3 is 18.4 Å². The van der Waals surface area contributed by atoms with Gasteiger partial charge in [-0.25, -0.2) is 19.2 Å². The number of halogens is 7. The Balaban J connectivity index is 1.90. The highest BCUT2D eigenvalue weighted by molar-refractivity contribution is 5.89. The summed E-state index contributed by atoms with van der Waals surface area (Å²) in [5.74, 6) is -0.825. The maximum absolute atomic E-state index is 13.8. The van der Waals surface area contributed by atoms with Crippen molar-refractivity contribution in [2.75, 3.05) is 23.3 Å². The number of anilines is 2. The third-order valence-corrected chi connectivity index (χ3v) is 5.02. The van der Waals surface area contributed by atoms with Gasteiger partial charge in [-0.3, -0.25) is 5.32 Å². The number of cyclic esters (lactones) is 1. The molecule has 7 nitrogen and oxygen atoms in total. The molecule has 2 aliphatic rings. The number of hydrogen-bond donors (Lipinski definition) is 2. The first kappa shape index (κ1) is 22.0. The Bertz CT molecular complexity index is 1050. The van der Waals surface area contributed by atoms with Crippen LogP contribution in [-0.2, 0) is 10.9 Å². The van der Waals surface area contributed by atoms with Gasteiger partial charge in [-0.1, -0.05) is 0 Å². The SMILES string of the molecule is N[C@H]1CN(c2cc(C(F)(F)F)cc(-c3ccnc4c3[C@H](C(F)(F)F)OC(=O)N4)n2)C[C@@H]1F. The van der Waals surface area contributed by atoms with Crippen LogP contribution in [0.15, 0.2) is 24.4 Å². The Labute approximate surface area is 175 Å². The quantitative estimate of drug-likeness (QED) is 0.656. The van der Waals surface area contributed by atoms with Crippen molar-refractivity contribution in [1.29, 1.82) is 0 Å². The molecule has 0 aromatic carbocycles. The van der Waals surface area contributed by atoms with Gasteiger partial charge in [0, 0.05) is 18.3 Å². The van der Waals surface area contributed by atoms with Crippen molar-refractivity contribution < 1.29 is 40.3 Å². The van der Waals surface area contributed by atoms with Crippen molar-refractivity contribution in [2.24, 2.45) is 5.73 Å². The van der Waals surface area contributed by atoms with Gasteiger partial charge < -0.3 is 15.4 Å². The second-order valence-corrected chi connectivity index (χ2v) is 7.25. The fraction of sp³-hybridized carbons (Fsp3) is 0.389. The maximum Gasteiger partial charge on any atom is 0.430 e. The molecule has 0 saturated carbocycles. The molecule has 2 aromatic heterocycles. The van der Waals surface area contributed by atoms with Crippen LogP contribution < -0.4 is 16.0 Å².